The molecule has 3 heteroatoms. The minimum atomic E-state index is -1.77. The van der Waals surface area contributed by atoms with E-state index in [0.29, 0.717) is 30.3 Å². The molecule has 0 spiro atoms. The van der Waals surface area contributed by atoms with Gasteiger partial charge in [-0.25, -0.2) is 0 Å². The van der Waals surface area contributed by atoms with Crippen LogP contribution in [0.15, 0.2) is 12.2 Å². The van der Waals surface area contributed by atoms with Gasteiger partial charge in [0.1, 0.15) is 0 Å². The Hall–Kier alpha value is -0.123. The molecule has 0 heterocycles. The highest BCUT2D eigenvalue weighted by Gasteiger charge is 2.57. The van der Waals surface area contributed by atoms with Gasteiger partial charge < -0.3 is 9.53 Å². The average Bonchev–Trinajstić information content (AvgIpc) is 2.97. The molecule has 0 aromatic rings. The van der Waals surface area contributed by atoms with Crippen LogP contribution in [0.5, 0.6) is 0 Å². The molecule has 31 heavy (non-hydrogen) atoms. The van der Waals surface area contributed by atoms with Crippen molar-refractivity contribution in [3.8, 4) is 0 Å². The van der Waals surface area contributed by atoms with E-state index >= 15 is 0 Å². The van der Waals surface area contributed by atoms with Gasteiger partial charge in [-0.1, -0.05) is 60.6 Å². The molecular formula is C28H52O2Si. The van der Waals surface area contributed by atoms with Crippen molar-refractivity contribution >= 4 is 8.32 Å². The highest BCUT2D eigenvalue weighted by molar-refractivity contribution is 6.74. The summed E-state index contributed by atoms with van der Waals surface area (Å²) in [6.45, 7) is 27.5. The largest absolute Gasteiger partial charge is 0.417 e. The molecule has 0 radical (unpaired) electrons. The Labute approximate surface area is 194 Å². The predicted octanol–water partition coefficient (Wildman–Crippen LogP) is 7.69. The van der Waals surface area contributed by atoms with E-state index < -0.39 is 8.32 Å². The van der Waals surface area contributed by atoms with Gasteiger partial charge in [-0.2, -0.15) is 0 Å². The molecule has 0 bridgehead atoms. The Kier molecular flexibility index (Phi) is 7.06. The lowest BCUT2D eigenvalue weighted by Crippen LogP contribution is -2.53. The Morgan fingerprint density at radius 2 is 1.74 bits per heavy atom. The molecule has 3 aliphatic rings. The van der Waals surface area contributed by atoms with Gasteiger partial charge in [-0.3, -0.25) is 0 Å². The normalized spacial score (nSPS) is 44.4. The summed E-state index contributed by atoms with van der Waals surface area (Å²) < 4.78 is 6.86. The molecule has 180 valence electrons. The second kappa shape index (κ2) is 8.58. The van der Waals surface area contributed by atoms with Crippen LogP contribution in [0.4, 0.5) is 0 Å². The fourth-order valence-corrected chi connectivity index (χ4v) is 8.57. The first kappa shape index (κ1) is 25.5. The van der Waals surface area contributed by atoms with Gasteiger partial charge in [0.25, 0.3) is 0 Å². The van der Waals surface area contributed by atoms with Crippen LogP contribution in [-0.2, 0) is 4.43 Å². The van der Waals surface area contributed by atoms with Crippen LogP contribution in [0, 0.1) is 46.3 Å². The maximum atomic E-state index is 10.7. The van der Waals surface area contributed by atoms with Gasteiger partial charge in [-0.15, -0.1) is 0 Å². The molecule has 3 saturated carbocycles. The third-order valence-electron chi connectivity index (χ3n) is 11.2. The van der Waals surface area contributed by atoms with Crippen LogP contribution in [0.3, 0.4) is 0 Å². The first-order valence-corrected chi connectivity index (χ1v) is 16.0. The maximum absolute atomic E-state index is 10.7. The summed E-state index contributed by atoms with van der Waals surface area (Å²) in [4.78, 5) is 0. The lowest BCUT2D eigenvalue weighted by atomic mass is 9.48. The molecule has 3 rings (SSSR count). The molecule has 1 N–H and O–H groups in total. The van der Waals surface area contributed by atoms with Crippen molar-refractivity contribution in [2.75, 3.05) is 13.2 Å². The zero-order chi connectivity index (χ0) is 23.4. The van der Waals surface area contributed by atoms with Crippen LogP contribution in [0.2, 0.25) is 18.1 Å². The molecule has 0 aliphatic heterocycles. The highest BCUT2D eigenvalue weighted by atomic mass is 28.4. The van der Waals surface area contributed by atoms with E-state index in [2.05, 4.69) is 68.1 Å². The maximum Gasteiger partial charge on any atom is 0.191 e. The topological polar surface area (TPSA) is 29.5 Å². The molecular weight excluding hydrogens is 396 g/mol. The van der Waals surface area contributed by atoms with E-state index in [1.807, 2.05) is 0 Å². The van der Waals surface area contributed by atoms with Crippen molar-refractivity contribution in [1.29, 1.82) is 0 Å². The molecule has 8 atom stereocenters. The van der Waals surface area contributed by atoms with Crippen LogP contribution in [-0.4, -0.2) is 26.6 Å². The lowest BCUT2D eigenvalue weighted by molar-refractivity contribution is -0.103. The molecule has 0 aromatic heterocycles. The van der Waals surface area contributed by atoms with E-state index in [0.717, 1.165) is 24.9 Å². The molecule has 2 nitrogen and oxygen atoms in total. The summed E-state index contributed by atoms with van der Waals surface area (Å²) in [6, 6.07) is 0. The summed E-state index contributed by atoms with van der Waals surface area (Å²) >= 11 is 0. The lowest BCUT2D eigenvalue weighted by Gasteiger charge is -2.58. The molecule has 3 aliphatic carbocycles. The van der Waals surface area contributed by atoms with Gasteiger partial charge in [0, 0.05) is 13.2 Å². The second-order valence-electron chi connectivity index (χ2n) is 13.8. The van der Waals surface area contributed by atoms with Gasteiger partial charge in [0.05, 0.1) is 0 Å². The third-order valence-corrected chi connectivity index (χ3v) is 15.7. The van der Waals surface area contributed by atoms with Gasteiger partial charge in [0.2, 0.25) is 0 Å². The first-order chi connectivity index (χ1) is 14.2. The van der Waals surface area contributed by atoms with Crippen molar-refractivity contribution in [3.63, 3.8) is 0 Å². The molecule has 2 unspecified atom stereocenters. The van der Waals surface area contributed by atoms with E-state index in [1.165, 1.54) is 37.7 Å². The number of allylic oxidation sites excluding steroid dienone is 1. The summed E-state index contributed by atoms with van der Waals surface area (Å²) in [5, 5.41) is 10.9. The smallest absolute Gasteiger partial charge is 0.191 e. The van der Waals surface area contributed by atoms with E-state index in [4.69, 9.17) is 4.43 Å². The highest BCUT2D eigenvalue weighted by Crippen LogP contribution is 2.64. The van der Waals surface area contributed by atoms with E-state index in [-0.39, 0.29) is 15.9 Å². The minimum absolute atomic E-state index is 0.251. The molecule has 0 amide bonds. The number of aliphatic hydroxyl groups is 1. The predicted molar refractivity (Wildman–Crippen MR) is 136 cm³/mol. The van der Waals surface area contributed by atoms with Crippen molar-refractivity contribution < 1.29 is 9.53 Å². The molecule has 3 fully saturated rings. The zero-order valence-electron chi connectivity index (χ0n) is 22.2. The van der Waals surface area contributed by atoms with Crippen LogP contribution in [0.25, 0.3) is 0 Å². The quantitative estimate of drug-likeness (QED) is 0.345. The van der Waals surface area contributed by atoms with Crippen molar-refractivity contribution in [2.45, 2.75) is 105 Å². The fourth-order valence-electron chi connectivity index (χ4n) is 7.52. The van der Waals surface area contributed by atoms with E-state index in [9.17, 15) is 5.11 Å². The van der Waals surface area contributed by atoms with Crippen LogP contribution < -0.4 is 0 Å². The zero-order valence-corrected chi connectivity index (χ0v) is 23.2. The van der Waals surface area contributed by atoms with Crippen molar-refractivity contribution in [1.82, 2.24) is 0 Å². The summed E-state index contributed by atoms with van der Waals surface area (Å²) in [5.74, 6) is 3.73. The van der Waals surface area contributed by atoms with Crippen LogP contribution >= 0.6 is 0 Å². The second-order valence-corrected chi connectivity index (χ2v) is 18.6. The molecule has 0 aromatic carbocycles. The fraction of sp³-hybridized carbons (Fsp3) is 0.929. The summed E-state index contributed by atoms with van der Waals surface area (Å²) in [6.07, 6.45) is 7.44. The number of fused-ring (bicyclic) bond motifs is 1. The van der Waals surface area contributed by atoms with Gasteiger partial charge in [-0.05, 0) is 103 Å². The Morgan fingerprint density at radius 3 is 2.32 bits per heavy atom. The number of hydrogen-bond acceptors (Lipinski definition) is 2. The van der Waals surface area contributed by atoms with Crippen molar-refractivity contribution in [2.24, 2.45) is 46.3 Å². The Bertz CT molecular complexity index is 664. The summed E-state index contributed by atoms with van der Waals surface area (Å²) in [5.41, 5.74) is 1.96. The number of hydrogen-bond donors (Lipinski definition) is 1. The monoisotopic (exact) mass is 448 g/mol. The number of rotatable bonds is 5. The average molecular weight is 449 g/mol. The summed E-state index contributed by atoms with van der Waals surface area (Å²) in [7, 11) is -1.77. The van der Waals surface area contributed by atoms with E-state index in [1.54, 1.807) is 0 Å². The van der Waals surface area contributed by atoms with Gasteiger partial charge in [0.15, 0.2) is 8.32 Å². The van der Waals surface area contributed by atoms with Crippen LogP contribution in [0.1, 0.15) is 87.0 Å². The SMILES string of the molecule is C=C1CCC2[C@H](CO)C([C@@]3(C)C[C@@H](C)[C@@H](C)C[C@@H]3CO[Si](C)(C)C(C)(C)C)CC[C@]12C. The Morgan fingerprint density at radius 1 is 1.10 bits per heavy atom. The Balaban J connectivity index is 1.88. The third kappa shape index (κ3) is 4.37. The molecule has 0 saturated heterocycles. The first-order valence-electron chi connectivity index (χ1n) is 13.1. The minimum Gasteiger partial charge on any atom is -0.417 e. The van der Waals surface area contributed by atoms with Crippen molar-refractivity contribution in [3.05, 3.63) is 12.2 Å². The standard InChI is InChI=1S/C28H52O2Si/c1-19-15-22(18-30-31(9,10)26(4,5)6)28(8,16-20(19)2)25-13-14-27(7)21(3)11-12-24(27)23(25)17-29/h19-20,22-25,29H,3,11-18H2,1-2,4-10H3/t19-,20+,22+,23-,24?,25?,27+,28-/m0/s1. The van der Waals surface area contributed by atoms with Gasteiger partial charge >= 0.3 is 0 Å². The number of aliphatic hydroxyl groups excluding tert-OH is 1.